The Morgan fingerprint density at radius 3 is 2.28 bits per heavy atom. The van der Waals surface area contributed by atoms with Crippen LogP contribution in [0.3, 0.4) is 0 Å². The number of hydrogen-bond donors (Lipinski definition) is 0. The van der Waals surface area contributed by atoms with Gasteiger partial charge >= 0.3 is 0 Å². The molecule has 0 spiro atoms. The summed E-state index contributed by atoms with van der Waals surface area (Å²) in [5, 5.41) is 0. The molecule has 1 aliphatic heterocycles. The van der Waals surface area contributed by atoms with Crippen LogP contribution < -0.4 is 0 Å². The van der Waals surface area contributed by atoms with E-state index in [2.05, 4.69) is 43.3 Å². The van der Waals surface area contributed by atoms with Crippen LogP contribution in [0.25, 0.3) is 0 Å². The molecule has 4 aliphatic rings. The van der Waals surface area contributed by atoms with Crippen LogP contribution in [0.2, 0.25) is 0 Å². The van der Waals surface area contributed by atoms with Crippen LogP contribution in [-0.4, -0.2) is 36.5 Å². The highest BCUT2D eigenvalue weighted by Gasteiger charge is 2.67. The summed E-state index contributed by atoms with van der Waals surface area (Å²) in [7, 11) is 1.71. The van der Waals surface area contributed by atoms with E-state index in [0.29, 0.717) is 6.54 Å². The second-order valence-corrected chi connectivity index (χ2v) is 8.33. The van der Waals surface area contributed by atoms with Crippen molar-refractivity contribution in [2.24, 2.45) is 11.8 Å². The average Bonchev–Trinajstić information content (AvgIpc) is 3.11. The van der Waals surface area contributed by atoms with Gasteiger partial charge in [0.2, 0.25) is 5.91 Å². The molecule has 1 fully saturated rings. The van der Waals surface area contributed by atoms with Gasteiger partial charge in [-0.2, -0.15) is 0 Å². The lowest BCUT2D eigenvalue weighted by Crippen LogP contribution is -2.58. The summed E-state index contributed by atoms with van der Waals surface area (Å²) in [4.78, 5) is 27.9. The molecule has 2 amide bonds. The van der Waals surface area contributed by atoms with Crippen LogP contribution in [0, 0.1) is 11.8 Å². The number of methoxy groups -OCH3 is 1. The van der Waals surface area contributed by atoms with Crippen LogP contribution in [0.5, 0.6) is 0 Å². The van der Waals surface area contributed by atoms with Gasteiger partial charge in [-0.1, -0.05) is 54.6 Å². The Labute approximate surface area is 171 Å². The zero-order valence-electron chi connectivity index (χ0n) is 17.0. The van der Waals surface area contributed by atoms with Gasteiger partial charge < -0.3 is 4.74 Å². The molecule has 0 unspecified atom stereocenters. The molecule has 29 heavy (non-hydrogen) atoms. The molecule has 1 saturated heterocycles. The monoisotopic (exact) mass is 387 g/mol. The molecule has 2 bridgehead atoms. The number of likely N-dealkylation sites (tertiary alicyclic amines) is 1. The minimum atomic E-state index is -0.594. The first kappa shape index (κ1) is 18.3. The highest BCUT2D eigenvalue weighted by molar-refractivity contribution is 6.04. The zero-order valence-corrected chi connectivity index (χ0v) is 17.0. The number of allylic oxidation sites excluding steroid dienone is 1. The van der Waals surface area contributed by atoms with Crippen molar-refractivity contribution in [3.8, 4) is 0 Å². The van der Waals surface area contributed by atoms with E-state index >= 15 is 0 Å². The van der Waals surface area contributed by atoms with Crippen molar-refractivity contribution < 1.29 is 14.3 Å². The number of amides is 2. The van der Waals surface area contributed by atoms with E-state index < -0.39 is 5.41 Å². The Morgan fingerprint density at radius 2 is 1.72 bits per heavy atom. The molecule has 0 N–H and O–H groups in total. The van der Waals surface area contributed by atoms with Crippen LogP contribution in [0.4, 0.5) is 0 Å². The number of rotatable bonds is 3. The van der Waals surface area contributed by atoms with E-state index in [1.54, 1.807) is 20.1 Å². The molecule has 1 heterocycles. The molecule has 4 heteroatoms. The maximum Gasteiger partial charge on any atom is 0.252 e. The predicted octanol–water partition coefficient (Wildman–Crippen LogP) is 3.64. The molecule has 3 aliphatic carbocycles. The third kappa shape index (κ3) is 2.13. The lowest BCUT2D eigenvalue weighted by Gasteiger charge is -2.56. The number of carbonyl (C=O) groups excluding carboxylic acids is 2. The fourth-order valence-electron chi connectivity index (χ4n) is 6.29. The molecule has 2 aromatic rings. The van der Waals surface area contributed by atoms with E-state index in [1.165, 1.54) is 33.2 Å². The van der Waals surface area contributed by atoms with Gasteiger partial charge in [-0.25, -0.2) is 0 Å². The molecule has 4 nitrogen and oxygen atoms in total. The standard InChI is InChI=1S/C25H25NO3/c1-4-9-21(27)26-14-18-22-16-10-5-7-12-19(16)25(15(2)29-3,23(18)24(26)28)20-13-8-6-11-17(20)22/h4-13,15,18,22-23H,14H2,1-3H3/b9-4+/t15-,18+,22?,23-,25?/m0/s1. The maximum atomic E-state index is 13.7. The van der Waals surface area contributed by atoms with Crippen molar-refractivity contribution in [3.05, 3.63) is 82.9 Å². The smallest absolute Gasteiger partial charge is 0.252 e. The fourth-order valence-corrected chi connectivity index (χ4v) is 6.29. The molecule has 6 rings (SSSR count). The van der Waals surface area contributed by atoms with Gasteiger partial charge in [0, 0.05) is 25.5 Å². The molecular weight excluding hydrogens is 362 g/mol. The second-order valence-electron chi connectivity index (χ2n) is 8.33. The third-order valence-electron chi connectivity index (χ3n) is 7.33. The van der Waals surface area contributed by atoms with E-state index in [-0.39, 0.29) is 35.7 Å². The quantitative estimate of drug-likeness (QED) is 0.756. The van der Waals surface area contributed by atoms with Crippen molar-refractivity contribution in [1.29, 1.82) is 0 Å². The molecule has 0 radical (unpaired) electrons. The Morgan fingerprint density at radius 1 is 1.14 bits per heavy atom. The molecular formula is C25H25NO3. The number of carbonyl (C=O) groups is 2. The van der Waals surface area contributed by atoms with Gasteiger partial charge in [-0.15, -0.1) is 0 Å². The minimum absolute atomic E-state index is 0.0547. The first-order valence-electron chi connectivity index (χ1n) is 10.3. The van der Waals surface area contributed by atoms with Crippen molar-refractivity contribution in [2.75, 3.05) is 13.7 Å². The highest BCUT2D eigenvalue weighted by atomic mass is 16.5. The second kappa shape index (κ2) is 6.39. The lowest BCUT2D eigenvalue weighted by atomic mass is 9.46. The van der Waals surface area contributed by atoms with Crippen LogP contribution in [0.15, 0.2) is 60.7 Å². The third-order valence-corrected chi connectivity index (χ3v) is 7.33. The van der Waals surface area contributed by atoms with E-state index in [9.17, 15) is 9.59 Å². The number of nitrogens with zero attached hydrogens (tertiary/aromatic N) is 1. The summed E-state index contributed by atoms with van der Waals surface area (Å²) in [6, 6.07) is 16.9. The van der Waals surface area contributed by atoms with Crippen molar-refractivity contribution >= 4 is 11.8 Å². The maximum absolute atomic E-state index is 13.7. The average molecular weight is 387 g/mol. The van der Waals surface area contributed by atoms with Crippen molar-refractivity contribution in [1.82, 2.24) is 4.90 Å². The minimum Gasteiger partial charge on any atom is -0.380 e. The summed E-state index contributed by atoms with van der Waals surface area (Å²) in [5.41, 5.74) is 4.29. The molecule has 0 aromatic heterocycles. The van der Waals surface area contributed by atoms with E-state index in [0.717, 1.165) is 0 Å². The van der Waals surface area contributed by atoms with Crippen LogP contribution in [-0.2, 0) is 19.7 Å². The van der Waals surface area contributed by atoms with Crippen LogP contribution >= 0.6 is 0 Å². The summed E-state index contributed by atoms with van der Waals surface area (Å²) in [5.74, 6) is -0.429. The summed E-state index contributed by atoms with van der Waals surface area (Å²) in [6.07, 6.45) is 2.98. The fraction of sp³-hybridized carbons (Fsp3) is 0.360. The van der Waals surface area contributed by atoms with Crippen molar-refractivity contribution in [3.63, 3.8) is 0 Å². The van der Waals surface area contributed by atoms with Gasteiger partial charge in [0.05, 0.1) is 17.4 Å². The normalized spacial score (nSPS) is 30.2. The van der Waals surface area contributed by atoms with E-state index in [4.69, 9.17) is 4.74 Å². The lowest BCUT2D eigenvalue weighted by molar-refractivity contribution is -0.143. The number of imide groups is 1. The topological polar surface area (TPSA) is 46.6 Å². The predicted molar refractivity (Wildman–Crippen MR) is 110 cm³/mol. The Kier molecular flexibility index (Phi) is 4.04. The molecule has 148 valence electrons. The molecule has 0 saturated carbocycles. The SMILES string of the molecule is C/C=C/C(=O)N1C[C@@H]2C3c4ccccc4C([C@H](C)OC)(c4ccccc43)[C@@H]2C1=O. The number of benzene rings is 2. The Balaban J connectivity index is 1.81. The van der Waals surface area contributed by atoms with Gasteiger partial charge in [0.1, 0.15) is 0 Å². The van der Waals surface area contributed by atoms with Gasteiger partial charge in [-0.3, -0.25) is 14.5 Å². The van der Waals surface area contributed by atoms with Gasteiger partial charge in [0.25, 0.3) is 5.91 Å². The summed E-state index contributed by atoms with van der Waals surface area (Å²) >= 11 is 0. The Hall–Kier alpha value is -2.72. The molecule has 2 aromatic carbocycles. The summed E-state index contributed by atoms with van der Waals surface area (Å²) in [6.45, 7) is 4.31. The van der Waals surface area contributed by atoms with E-state index in [1.807, 2.05) is 12.1 Å². The van der Waals surface area contributed by atoms with Gasteiger partial charge in [0.15, 0.2) is 0 Å². The first-order valence-corrected chi connectivity index (χ1v) is 10.3. The molecule has 3 atom stereocenters. The first-order chi connectivity index (χ1) is 14.1. The largest absolute Gasteiger partial charge is 0.380 e. The van der Waals surface area contributed by atoms with Crippen LogP contribution in [0.1, 0.15) is 42.0 Å². The van der Waals surface area contributed by atoms with Crippen molar-refractivity contribution in [2.45, 2.75) is 31.3 Å². The highest BCUT2D eigenvalue weighted by Crippen LogP contribution is 2.65. The van der Waals surface area contributed by atoms with Gasteiger partial charge in [-0.05, 0) is 42.2 Å². The Bertz CT molecular complexity index is 992. The number of hydrogen-bond acceptors (Lipinski definition) is 3. The summed E-state index contributed by atoms with van der Waals surface area (Å²) < 4.78 is 5.95. The number of ether oxygens (including phenoxy) is 1. The zero-order chi connectivity index (χ0) is 20.3.